The summed E-state index contributed by atoms with van der Waals surface area (Å²) in [6.45, 7) is 5.44. The van der Waals surface area contributed by atoms with Crippen LogP contribution in [0.3, 0.4) is 0 Å². The lowest BCUT2D eigenvalue weighted by Crippen LogP contribution is -2.37. The number of carbonyl (C=O) groups excluding carboxylic acids is 1. The van der Waals surface area contributed by atoms with E-state index in [2.05, 4.69) is 74.6 Å². The van der Waals surface area contributed by atoms with Crippen molar-refractivity contribution in [2.45, 2.75) is 161 Å². The van der Waals surface area contributed by atoms with Gasteiger partial charge in [-0.05, 0) is 57.8 Å². The molecule has 0 heterocycles. The van der Waals surface area contributed by atoms with Crippen LogP contribution in [0.25, 0.3) is 0 Å². The van der Waals surface area contributed by atoms with Gasteiger partial charge in [0.2, 0.25) is 0 Å². The van der Waals surface area contributed by atoms with Crippen LogP contribution in [-0.4, -0.2) is 75.6 Å². The second-order valence-electron chi connectivity index (χ2n) is 15.0. The fourth-order valence-corrected chi connectivity index (χ4v) is 6.08. The van der Waals surface area contributed by atoms with E-state index in [0.717, 1.165) is 77.0 Å². The lowest BCUT2D eigenvalue weighted by molar-refractivity contribution is -0.870. The summed E-state index contributed by atoms with van der Waals surface area (Å²) in [4.78, 5) is 22.8. The summed E-state index contributed by atoms with van der Waals surface area (Å²) in [5.41, 5.74) is 0. The van der Waals surface area contributed by atoms with Crippen molar-refractivity contribution < 1.29 is 37.3 Å². The van der Waals surface area contributed by atoms with Crippen LogP contribution >= 0.6 is 7.82 Å². The van der Waals surface area contributed by atoms with Crippen molar-refractivity contribution in [3.05, 3.63) is 60.8 Å². The molecule has 308 valence electrons. The zero-order valence-electron chi connectivity index (χ0n) is 34.7. The van der Waals surface area contributed by atoms with Gasteiger partial charge in [0, 0.05) is 13.0 Å². The third-order valence-corrected chi connectivity index (χ3v) is 9.58. The number of ether oxygens (including phenoxy) is 2. The van der Waals surface area contributed by atoms with E-state index in [9.17, 15) is 14.3 Å². The summed E-state index contributed by atoms with van der Waals surface area (Å²) in [5.74, 6) is -0.326. The molecule has 0 fully saturated rings. The Morgan fingerprint density at radius 2 is 1.09 bits per heavy atom. The number of allylic oxidation sites excluding steroid dienone is 10. The Balaban J connectivity index is 4.20. The van der Waals surface area contributed by atoms with Gasteiger partial charge in [0.05, 0.1) is 34.4 Å². The molecular formula is C44H81NO7P+. The average molecular weight is 767 g/mol. The standard InChI is InChI=1S/C44H80NO7P/c1-6-8-10-12-14-16-17-18-19-20-21-22-23-24-25-26-27-28-30-32-34-36-39-49-41-43(42-51-53(47,48)50-40-38-45(3,4)5)52-44(46)37-35-33-31-29-15-13-11-9-7-2/h8,10,14,16,18-19,21-22,24-25,43H,6-7,9,11-13,15,17,20,23,26-42H2,1-5H3/p+1/b10-8-,16-14-,19-18-,22-21-,25-24-. The first-order valence-electron chi connectivity index (χ1n) is 21.0. The minimum absolute atomic E-state index is 0.0835. The van der Waals surface area contributed by atoms with Crippen molar-refractivity contribution in [3.63, 3.8) is 0 Å². The Bertz CT molecular complexity index is 1030. The van der Waals surface area contributed by atoms with Crippen LogP contribution in [0.2, 0.25) is 0 Å². The smallest absolute Gasteiger partial charge is 0.457 e. The molecule has 9 heteroatoms. The fourth-order valence-electron chi connectivity index (χ4n) is 5.34. The molecule has 0 aromatic rings. The van der Waals surface area contributed by atoms with Gasteiger partial charge in [0.1, 0.15) is 19.3 Å². The van der Waals surface area contributed by atoms with Crippen molar-refractivity contribution in [2.75, 3.05) is 54.1 Å². The molecule has 2 atom stereocenters. The predicted molar refractivity (Wildman–Crippen MR) is 224 cm³/mol. The van der Waals surface area contributed by atoms with Crippen molar-refractivity contribution in [1.29, 1.82) is 0 Å². The maximum absolute atomic E-state index is 12.6. The number of phosphoric acid groups is 1. The molecule has 0 aromatic carbocycles. The molecule has 0 aromatic heterocycles. The van der Waals surface area contributed by atoms with Crippen LogP contribution in [0, 0.1) is 0 Å². The number of hydrogen-bond donors (Lipinski definition) is 1. The Kier molecular flexibility index (Phi) is 35.9. The van der Waals surface area contributed by atoms with E-state index in [1.807, 2.05) is 21.1 Å². The Morgan fingerprint density at radius 1 is 0.604 bits per heavy atom. The van der Waals surface area contributed by atoms with Crippen LogP contribution in [-0.2, 0) is 27.9 Å². The molecule has 0 saturated carbocycles. The van der Waals surface area contributed by atoms with Gasteiger partial charge in [-0.1, -0.05) is 152 Å². The highest BCUT2D eigenvalue weighted by atomic mass is 31.2. The molecule has 1 N–H and O–H groups in total. The van der Waals surface area contributed by atoms with E-state index >= 15 is 0 Å². The minimum Gasteiger partial charge on any atom is -0.457 e. The van der Waals surface area contributed by atoms with Crippen molar-refractivity contribution in [2.24, 2.45) is 0 Å². The summed E-state index contributed by atoms with van der Waals surface area (Å²) in [6, 6.07) is 0. The molecule has 0 radical (unpaired) electrons. The summed E-state index contributed by atoms with van der Waals surface area (Å²) in [5, 5.41) is 0. The van der Waals surface area contributed by atoms with Crippen molar-refractivity contribution >= 4 is 13.8 Å². The fraction of sp³-hybridized carbons (Fsp3) is 0.750. The van der Waals surface area contributed by atoms with Crippen LogP contribution in [0.5, 0.6) is 0 Å². The molecule has 0 aliphatic heterocycles. The maximum atomic E-state index is 12.6. The van der Waals surface area contributed by atoms with Crippen LogP contribution in [0.4, 0.5) is 0 Å². The van der Waals surface area contributed by atoms with E-state index in [1.165, 1.54) is 57.8 Å². The second kappa shape index (κ2) is 37.1. The number of rotatable bonds is 38. The van der Waals surface area contributed by atoms with E-state index in [0.29, 0.717) is 24.1 Å². The Hall–Kier alpha value is -1.80. The third kappa shape index (κ3) is 41.2. The molecule has 2 unspecified atom stereocenters. The Labute approximate surface area is 326 Å². The highest BCUT2D eigenvalue weighted by Crippen LogP contribution is 2.43. The third-order valence-electron chi connectivity index (χ3n) is 8.59. The summed E-state index contributed by atoms with van der Waals surface area (Å²) >= 11 is 0. The SMILES string of the molecule is CC/C=C\C/C=C\C/C=C\C/C=C\C/C=C\CCCCCCCCOCC(COP(=O)(O)OCC[N+](C)(C)C)OC(=O)CCCCCCCCCCC. The highest BCUT2D eigenvalue weighted by Gasteiger charge is 2.26. The maximum Gasteiger partial charge on any atom is 0.472 e. The predicted octanol–water partition coefficient (Wildman–Crippen LogP) is 12.2. The molecule has 0 aliphatic carbocycles. The number of phosphoric ester groups is 1. The first-order chi connectivity index (χ1) is 25.6. The summed E-state index contributed by atoms with van der Waals surface area (Å²) in [6.07, 6.45) is 45.4. The number of hydrogen-bond acceptors (Lipinski definition) is 6. The van der Waals surface area contributed by atoms with Gasteiger partial charge >= 0.3 is 13.8 Å². The molecule has 0 amide bonds. The van der Waals surface area contributed by atoms with Gasteiger partial charge in [0.15, 0.2) is 0 Å². The lowest BCUT2D eigenvalue weighted by atomic mass is 10.1. The quantitative estimate of drug-likeness (QED) is 0.0220. The van der Waals surface area contributed by atoms with Gasteiger partial charge < -0.3 is 18.9 Å². The van der Waals surface area contributed by atoms with Gasteiger partial charge in [-0.3, -0.25) is 13.8 Å². The number of carbonyl (C=O) groups is 1. The molecule has 0 bridgehead atoms. The largest absolute Gasteiger partial charge is 0.472 e. The van der Waals surface area contributed by atoms with Gasteiger partial charge in [-0.15, -0.1) is 0 Å². The van der Waals surface area contributed by atoms with E-state index in [1.54, 1.807) is 0 Å². The normalized spacial score (nSPS) is 14.5. The highest BCUT2D eigenvalue weighted by molar-refractivity contribution is 7.47. The minimum atomic E-state index is -4.27. The van der Waals surface area contributed by atoms with Crippen molar-refractivity contribution in [3.8, 4) is 0 Å². The zero-order chi connectivity index (χ0) is 39.1. The van der Waals surface area contributed by atoms with E-state index in [4.69, 9.17) is 18.5 Å². The first-order valence-corrected chi connectivity index (χ1v) is 22.5. The first kappa shape index (κ1) is 51.2. The Morgan fingerprint density at radius 3 is 1.64 bits per heavy atom. The monoisotopic (exact) mass is 767 g/mol. The molecule has 8 nitrogen and oxygen atoms in total. The topological polar surface area (TPSA) is 91.3 Å². The summed E-state index contributed by atoms with van der Waals surface area (Å²) < 4.78 is 34.9. The number of unbranched alkanes of at least 4 members (excludes halogenated alkanes) is 14. The molecule has 0 rings (SSSR count). The summed E-state index contributed by atoms with van der Waals surface area (Å²) in [7, 11) is 1.65. The van der Waals surface area contributed by atoms with Crippen LogP contribution in [0.1, 0.15) is 155 Å². The zero-order valence-corrected chi connectivity index (χ0v) is 35.6. The number of quaternary nitrogens is 1. The average Bonchev–Trinajstić information content (AvgIpc) is 3.11. The molecule has 53 heavy (non-hydrogen) atoms. The van der Waals surface area contributed by atoms with Gasteiger partial charge in [0.25, 0.3) is 0 Å². The number of esters is 1. The molecule has 0 aliphatic rings. The molecule has 0 saturated heterocycles. The van der Waals surface area contributed by atoms with Crippen LogP contribution < -0.4 is 0 Å². The molecular weight excluding hydrogens is 685 g/mol. The second-order valence-corrected chi connectivity index (χ2v) is 16.4. The molecule has 0 spiro atoms. The number of likely N-dealkylation sites (N-methyl/N-ethyl adjacent to an activating group) is 1. The van der Waals surface area contributed by atoms with E-state index in [-0.39, 0.29) is 25.8 Å². The van der Waals surface area contributed by atoms with Crippen LogP contribution in [0.15, 0.2) is 60.8 Å². The van der Waals surface area contributed by atoms with E-state index < -0.39 is 13.9 Å². The lowest BCUT2D eigenvalue weighted by Gasteiger charge is -2.24. The van der Waals surface area contributed by atoms with Crippen molar-refractivity contribution in [1.82, 2.24) is 0 Å². The van der Waals surface area contributed by atoms with Gasteiger partial charge in [-0.25, -0.2) is 4.57 Å². The van der Waals surface area contributed by atoms with Gasteiger partial charge in [-0.2, -0.15) is 0 Å². The number of nitrogens with zero attached hydrogens (tertiary/aromatic N) is 1.